The van der Waals surface area contributed by atoms with Gasteiger partial charge in [-0.2, -0.15) is 4.31 Å². The number of rotatable bonds is 5. The van der Waals surface area contributed by atoms with Crippen molar-refractivity contribution < 1.29 is 22.9 Å². The molecule has 9 heteroatoms. The molecule has 24 heavy (non-hydrogen) atoms. The Morgan fingerprint density at radius 1 is 1.33 bits per heavy atom. The minimum atomic E-state index is -3.98. The number of esters is 1. The van der Waals surface area contributed by atoms with E-state index in [-0.39, 0.29) is 29.2 Å². The van der Waals surface area contributed by atoms with Gasteiger partial charge in [0.15, 0.2) is 4.90 Å². The van der Waals surface area contributed by atoms with E-state index in [2.05, 4.69) is 0 Å². The van der Waals surface area contributed by atoms with Crippen molar-refractivity contribution in [3.05, 3.63) is 34.4 Å². The van der Waals surface area contributed by atoms with Crippen LogP contribution in [-0.2, 0) is 19.6 Å². The molecule has 130 valence electrons. The summed E-state index contributed by atoms with van der Waals surface area (Å²) in [5, 5.41) is 11.1. The van der Waals surface area contributed by atoms with E-state index in [0.717, 1.165) is 10.4 Å². The molecular weight excluding hydrogens is 336 g/mol. The van der Waals surface area contributed by atoms with Gasteiger partial charge in [0.25, 0.3) is 5.69 Å². The fourth-order valence-corrected chi connectivity index (χ4v) is 4.83. The molecular formula is C15H18N2O6S. The number of nitro benzene ring substituents is 1. The molecule has 3 rings (SSSR count). The Kier molecular flexibility index (Phi) is 4.08. The van der Waals surface area contributed by atoms with Crippen molar-refractivity contribution in [2.75, 3.05) is 6.54 Å². The summed E-state index contributed by atoms with van der Waals surface area (Å²) in [4.78, 5) is 21.9. The van der Waals surface area contributed by atoms with Crippen LogP contribution >= 0.6 is 0 Å². The summed E-state index contributed by atoms with van der Waals surface area (Å²) in [5.74, 6) is -0.405. The van der Waals surface area contributed by atoms with Gasteiger partial charge in [-0.25, -0.2) is 8.42 Å². The third-order valence-corrected chi connectivity index (χ3v) is 6.48. The summed E-state index contributed by atoms with van der Waals surface area (Å²) >= 11 is 0. The number of hydrogen-bond donors (Lipinski definition) is 0. The van der Waals surface area contributed by atoms with Gasteiger partial charge in [0.05, 0.1) is 16.9 Å². The van der Waals surface area contributed by atoms with Gasteiger partial charge in [0, 0.05) is 12.6 Å². The van der Waals surface area contributed by atoms with Crippen molar-refractivity contribution in [3.63, 3.8) is 0 Å². The Balaban J connectivity index is 1.80. The van der Waals surface area contributed by atoms with E-state index in [0.29, 0.717) is 6.42 Å². The topological polar surface area (TPSA) is 107 Å². The first kappa shape index (κ1) is 16.8. The van der Waals surface area contributed by atoms with Crippen LogP contribution in [0.3, 0.4) is 0 Å². The number of ether oxygens (including phenoxy) is 1. The van der Waals surface area contributed by atoms with Crippen molar-refractivity contribution in [2.24, 2.45) is 11.8 Å². The number of para-hydroxylation sites is 1. The van der Waals surface area contributed by atoms with E-state index in [1.54, 1.807) is 0 Å². The van der Waals surface area contributed by atoms with E-state index < -0.39 is 32.8 Å². The number of carbonyl (C=O) groups is 1. The Morgan fingerprint density at radius 3 is 2.58 bits per heavy atom. The maximum absolute atomic E-state index is 12.7. The lowest BCUT2D eigenvalue weighted by atomic mass is 9.92. The van der Waals surface area contributed by atoms with Crippen molar-refractivity contribution in [1.82, 2.24) is 4.31 Å². The average molecular weight is 354 g/mol. The Bertz CT molecular complexity index is 791. The zero-order valence-electron chi connectivity index (χ0n) is 13.3. The molecule has 2 aliphatic heterocycles. The van der Waals surface area contributed by atoms with Crippen LogP contribution in [0.15, 0.2) is 29.2 Å². The van der Waals surface area contributed by atoms with Gasteiger partial charge < -0.3 is 4.74 Å². The Morgan fingerprint density at radius 2 is 2.00 bits per heavy atom. The van der Waals surface area contributed by atoms with Crippen molar-refractivity contribution >= 4 is 21.7 Å². The normalized spacial score (nSPS) is 29.5. The standard InChI is InChI=1S/C15H18N2O6S/c1-9(2)10-7-13(23-15(10)18)12-8-16(12)24(21,22)14-6-4-3-5-11(14)17(19)20/h3-6,9-10,12-13H,7-8H2,1-2H3/t10-,12?,13-,16?/m0/s1. The fraction of sp³-hybridized carbons (Fsp3) is 0.533. The molecule has 1 aromatic rings. The van der Waals surface area contributed by atoms with Gasteiger partial charge in [-0.15, -0.1) is 0 Å². The molecule has 4 atom stereocenters. The van der Waals surface area contributed by atoms with Gasteiger partial charge >= 0.3 is 5.97 Å². The maximum Gasteiger partial charge on any atom is 0.309 e. The van der Waals surface area contributed by atoms with Gasteiger partial charge in [0.1, 0.15) is 6.10 Å². The minimum Gasteiger partial charge on any atom is -0.460 e. The van der Waals surface area contributed by atoms with Gasteiger partial charge in [-0.3, -0.25) is 14.9 Å². The summed E-state index contributed by atoms with van der Waals surface area (Å²) in [7, 11) is -3.98. The molecule has 0 aliphatic carbocycles. The zero-order valence-corrected chi connectivity index (χ0v) is 14.1. The van der Waals surface area contributed by atoms with Crippen molar-refractivity contribution in [1.29, 1.82) is 0 Å². The van der Waals surface area contributed by atoms with E-state index in [1.807, 2.05) is 13.8 Å². The molecule has 0 N–H and O–H groups in total. The number of nitrogens with zero attached hydrogens (tertiary/aromatic N) is 2. The van der Waals surface area contributed by atoms with E-state index >= 15 is 0 Å². The second-order valence-electron chi connectivity index (χ2n) is 6.43. The highest BCUT2D eigenvalue weighted by Crippen LogP contribution is 2.40. The van der Waals surface area contributed by atoms with E-state index in [4.69, 9.17) is 4.74 Å². The van der Waals surface area contributed by atoms with Crippen LogP contribution in [0.4, 0.5) is 5.69 Å². The van der Waals surface area contributed by atoms with E-state index in [9.17, 15) is 23.3 Å². The molecule has 0 amide bonds. The molecule has 0 radical (unpaired) electrons. The number of nitro groups is 1. The predicted molar refractivity (Wildman–Crippen MR) is 83.6 cm³/mol. The molecule has 2 unspecified atom stereocenters. The van der Waals surface area contributed by atoms with Gasteiger partial charge in [-0.05, 0) is 18.4 Å². The molecule has 2 fully saturated rings. The molecule has 2 saturated heterocycles. The first-order valence-electron chi connectivity index (χ1n) is 7.69. The summed E-state index contributed by atoms with van der Waals surface area (Å²) in [6, 6.07) is 4.81. The maximum atomic E-state index is 12.7. The molecule has 0 aromatic heterocycles. The number of benzene rings is 1. The molecule has 0 saturated carbocycles. The first-order chi connectivity index (χ1) is 11.2. The molecule has 0 bridgehead atoms. The third kappa shape index (κ3) is 2.78. The lowest BCUT2D eigenvalue weighted by Gasteiger charge is -2.11. The Hall–Kier alpha value is -2.00. The molecule has 0 spiro atoms. The number of carbonyl (C=O) groups excluding carboxylic acids is 1. The smallest absolute Gasteiger partial charge is 0.309 e. The predicted octanol–water partition coefficient (Wildman–Crippen LogP) is 1.56. The monoisotopic (exact) mass is 354 g/mol. The molecule has 1 aromatic carbocycles. The number of cyclic esters (lactones) is 1. The fourth-order valence-electron chi connectivity index (χ4n) is 3.08. The van der Waals surface area contributed by atoms with Crippen LogP contribution in [0.2, 0.25) is 0 Å². The van der Waals surface area contributed by atoms with Crippen LogP contribution < -0.4 is 0 Å². The van der Waals surface area contributed by atoms with Crippen LogP contribution in [-0.4, -0.2) is 42.3 Å². The summed E-state index contributed by atoms with van der Waals surface area (Å²) in [5.41, 5.74) is -0.452. The molecule has 8 nitrogen and oxygen atoms in total. The lowest BCUT2D eigenvalue weighted by Crippen LogP contribution is -2.23. The Labute approximate surface area is 139 Å². The van der Waals surface area contributed by atoms with Crippen LogP contribution in [0.1, 0.15) is 20.3 Å². The quantitative estimate of drug-likeness (QED) is 0.344. The highest BCUT2D eigenvalue weighted by molar-refractivity contribution is 7.89. The lowest BCUT2D eigenvalue weighted by molar-refractivity contribution is -0.387. The number of hydrogen-bond acceptors (Lipinski definition) is 6. The summed E-state index contributed by atoms with van der Waals surface area (Å²) in [6.45, 7) is 4.04. The zero-order chi connectivity index (χ0) is 17.6. The van der Waals surface area contributed by atoms with Gasteiger partial charge in [-0.1, -0.05) is 26.0 Å². The van der Waals surface area contributed by atoms with Gasteiger partial charge in [0.2, 0.25) is 10.0 Å². The summed E-state index contributed by atoms with van der Waals surface area (Å²) < 4.78 is 31.8. The second kappa shape index (κ2) is 5.82. The van der Waals surface area contributed by atoms with E-state index in [1.165, 1.54) is 18.2 Å². The van der Waals surface area contributed by atoms with Crippen molar-refractivity contribution in [3.8, 4) is 0 Å². The SMILES string of the molecule is CC(C)[C@@H]1C[C@@H](C2CN2S(=O)(=O)c2ccccc2[N+](=O)[O-])OC1=O. The summed E-state index contributed by atoms with van der Waals surface area (Å²) in [6.07, 6.45) is -0.00759. The number of sulfonamides is 1. The first-order valence-corrected chi connectivity index (χ1v) is 9.13. The minimum absolute atomic E-state index is 0.126. The molecule has 2 heterocycles. The highest BCUT2D eigenvalue weighted by atomic mass is 32.2. The highest BCUT2D eigenvalue weighted by Gasteiger charge is 2.55. The largest absolute Gasteiger partial charge is 0.460 e. The average Bonchev–Trinajstić information content (AvgIpc) is 3.24. The van der Waals surface area contributed by atoms with Crippen LogP contribution in [0.5, 0.6) is 0 Å². The van der Waals surface area contributed by atoms with Crippen LogP contribution in [0.25, 0.3) is 0 Å². The third-order valence-electron chi connectivity index (χ3n) is 4.54. The van der Waals surface area contributed by atoms with Crippen LogP contribution in [0, 0.1) is 22.0 Å². The molecule has 2 aliphatic rings. The van der Waals surface area contributed by atoms with Crippen molar-refractivity contribution in [2.45, 2.75) is 37.3 Å². The second-order valence-corrected chi connectivity index (χ2v) is 8.29.